The Labute approximate surface area is 107 Å². The van der Waals surface area contributed by atoms with Gasteiger partial charge in [-0.15, -0.1) is 0 Å². The Bertz CT molecular complexity index is 409. The van der Waals surface area contributed by atoms with Gasteiger partial charge in [0.1, 0.15) is 11.6 Å². The number of rotatable bonds is 4. The van der Waals surface area contributed by atoms with Gasteiger partial charge in [-0.3, -0.25) is 4.90 Å². The molecule has 2 nitrogen and oxygen atoms in total. The highest BCUT2D eigenvalue weighted by molar-refractivity contribution is 5.22. The van der Waals surface area contributed by atoms with E-state index in [1.165, 1.54) is 25.0 Å². The Kier molecular flexibility index (Phi) is 4.30. The van der Waals surface area contributed by atoms with Gasteiger partial charge in [-0.05, 0) is 31.9 Å². The summed E-state index contributed by atoms with van der Waals surface area (Å²) < 4.78 is 26.5. The molecule has 2 N–H and O–H groups in total. The normalized spacial score (nSPS) is 22.3. The molecule has 0 amide bonds. The molecule has 1 fully saturated rings. The number of hydrogen-bond acceptors (Lipinski definition) is 2. The summed E-state index contributed by atoms with van der Waals surface area (Å²) in [6.07, 6.45) is 3.46. The fourth-order valence-corrected chi connectivity index (χ4v) is 2.75. The standard InChI is InChI=1S/C14H20F2N2/c1-2-11-4-3-7-18(11)9-14(17)12-6-5-10(15)8-13(12)16/h5-6,8,11,14H,2-4,7,9,17H2,1H3. The summed E-state index contributed by atoms with van der Waals surface area (Å²) in [4.78, 5) is 2.31. The molecule has 2 unspecified atom stereocenters. The van der Waals surface area contributed by atoms with Crippen molar-refractivity contribution in [1.29, 1.82) is 0 Å². The van der Waals surface area contributed by atoms with Crippen molar-refractivity contribution in [2.45, 2.75) is 38.3 Å². The number of nitrogens with zero attached hydrogens (tertiary/aromatic N) is 1. The van der Waals surface area contributed by atoms with Gasteiger partial charge in [0.15, 0.2) is 0 Å². The molecule has 2 rings (SSSR count). The van der Waals surface area contributed by atoms with Gasteiger partial charge in [0.05, 0.1) is 0 Å². The Hall–Kier alpha value is -1.00. The lowest BCUT2D eigenvalue weighted by molar-refractivity contribution is 0.232. The van der Waals surface area contributed by atoms with Crippen LogP contribution in [-0.2, 0) is 0 Å². The average molecular weight is 254 g/mol. The van der Waals surface area contributed by atoms with Gasteiger partial charge in [-0.25, -0.2) is 8.78 Å². The molecule has 18 heavy (non-hydrogen) atoms. The smallest absolute Gasteiger partial charge is 0.130 e. The zero-order valence-electron chi connectivity index (χ0n) is 10.7. The summed E-state index contributed by atoms with van der Waals surface area (Å²) in [5.41, 5.74) is 6.44. The Balaban J connectivity index is 2.05. The minimum absolute atomic E-state index is 0.391. The summed E-state index contributed by atoms with van der Waals surface area (Å²) >= 11 is 0. The molecule has 0 spiro atoms. The van der Waals surface area contributed by atoms with Crippen LogP contribution in [0.25, 0.3) is 0 Å². The highest BCUT2D eigenvalue weighted by atomic mass is 19.1. The van der Waals surface area contributed by atoms with E-state index in [4.69, 9.17) is 5.73 Å². The van der Waals surface area contributed by atoms with Crippen molar-refractivity contribution in [3.63, 3.8) is 0 Å². The molecule has 1 aromatic rings. The summed E-state index contributed by atoms with van der Waals surface area (Å²) in [5.74, 6) is -1.11. The highest BCUT2D eigenvalue weighted by Gasteiger charge is 2.25. The first-order valence-electron chi connectivity index (χ1n) is 6.56. The topological polar surface area (TPSA) is 29.3 Å². The Morgan fingerprint density at radius 3 is 2.89 bits per heavy atom. The number of likely N-dealkylation sites (tertiary alicyclic amines) is 1. The maximum Gasteiger partial charge on any atom is 0.130 e. The van der Waals surface area contributed by atoms with E-state index in [0.29, 0.717) is 18.2 Å². The van der Waals surface area contributed by atoms with Crippen molar-refractivity contribution in [1.82, 2.24) is 4.90 Å². The highest BCUT2D eigenvalue weighted by Crippen LogP contribution is 2.24. The first kappa shape index (κ1) is 13.4. The fraction of sp³-hybridized carbons (Fsp3) is 0.571. The van der Waals surface area contributed by atoms with Crippen molar-refractivity contribution < 1.29 is 8.78 Å². The van der Waals surface area contributed by atoms with Crippen LogP contribution in [0.15, 0.2) is 18.2 Å². The largest absolute Gasteiger partial charge is 0.323 e. The average Bonchev–Trinajstić information content (AvgIpc) is 2.76. The van der Waals surface area contributed by atoms with Crippen LogP contribution < -0.4 is 5.73 Å². The maximum absolute atomic E-state index is 13.6. The molecule has 1 aliphatic heterocycles. The summed E-state index contributed by atoms with van der Waals surface area (Å²) in [6, 6.07) is 3.78. The second-order valence-corrected chi connectivity index (χ2v) is 4.97. The third kappa shape index (κ3) is 2.87. The molecule has 1 saturated heterocycles. The lowest BCUT2D eigenvalue weighted by atomic mass is 10.1. The molecule has 0 radical (unpaired) electrons. The molecule has 1 aromatic carbocycles. The molecule has 1 aliphatic rings. The SMILES string of the molecule is CCC1CCCN1CC(N)c1ccc(F)cc1F. The predicted molar refractivity (Wildman–Crippen MR) is 68.2 cm³/mol. The maximum atomic E-state index is 13.6. The molecule has 1 heterocycles. The zero-order chi connectivity index (χ0) is 13.1. The van der Waals surface area contributed by atoms with E-state index >= 15 is 0 Å². The molecule has 0 saturated carbocycles. The van der Waals surface area contributed by atoms with Crippen LogP contribution in [0.4, 0.5) is 8.78 Å². The van der Waals surface area contributed by atoms with E-state index in [1.54, 1.807) is 0 Å². The summed E-state index contributed by atoms with van der Waals surface area (Å²) in [7, 11) is 0. The van der Waals surface area contributed by atoms with Crippen LogP contribution in [-0.4, -0.2) is 24.0 Å². The van der Waals surface area contributed by atoms with Crippen LogP contribution in [0.1, 0.15) is 37.8 Å². The molecule has 0 aliphatic carbocycles. The first-order chi connectivity index (χ1) is 8.61. The molecule has 0 aromatic heterocycles. The lowest BCUT2D eigenvalue weighted by Crippen LogP contribution is -2.35. The van der Waals surface area contributed by atoms with Crippen LogP contribution in [0.5, 0.6) is 0 Å². The van der Waals surface area contributed by atoms with E-state index in [9.17, 15) is 8.78 Å². The quantitative estimate of drug-likeness (QED) is 0.895. The van der Waals surface area contributed by atoms with Crippen LogP contribution >= 0.6 is 0 Å². The van der Waals surface area contributed by atoms with Crippen molar-refractivity contribution in [3.05, 3.63) is 35.4 Å². The molecule has 4 heteroatoms. The number of hydrogen-bond donors (Lipinski definition) is 1. The fourth-order valence-electron chi connectivity index (χ4n) is 2.75. The molecular formula is C14H20F2N2. The van der Waals surface area contributed by atoms with E-state index < -0.39 is 17.7 Å². The number of nitrogens with two attached hydrogens (primary N) is 1. The van der Waals surface area contributed by atoms with Crippen molar-refractivity contribution >= 4 is 0 Å². The minimum atomic E-state index is -0.559. The summed E-state index contributed by atoms with van der Waals surface area (Å²) in [5, 5.41) is 0. The second-order valence-electron chi connectivity index (χ2n) is 4.97. The van der Waals surface area contributed by atoms with Gasteiger partial charge >= 0.3 is 0 Å². The molecule has 0 bridgehead atoms. The van der Waals surface area contributed by atoms with Gasteiger partial charge in [0.2, 0.25) is 0 Å². The first-order valence-corrected chi connectivity index (χ1v) is 6.56. The van der Waals surface area contributed by atoms with Gasteiger partial charge in [0.25, 0.3) is 0 Å². The zero-order valence-corrected chi connectivity index (χ0v) is 10.7. The van der Waals surface area contributed by atoms with Gasteiger partial charge in [-0.2, -0.15) is 0 Å². The van der Waals surface area contributed by atoms with Gasteiger partial charge in [-0.1, -0.05) is 13.0 Å². The summed E-state index contributed by atoms with van der Waals surface area (Å²) in [6.45, 7) is 3.82. The van der Waals surface area contributed by atoms with Gasteiger partial charge < -0.3 is 5.73 Å². The third-order valence-electron chi connectivity index (χ3n) is 3.76. The van der Waals surface area contributed by atoms with Crippen molar-refractivity contribution in [2.75, 3.05) is 13.1 Å². The van der Waals surface area contributed by atoms with E-state index in [1.807, 2.05) is 0 Å². The molecule has 2 atom stereocenters. The number of benzene rings is 1. The Morgan fingerprint density at radius 2 is 2.22 bits per heavy atom. The number of halogens is 2. The van der Waals surface area contributed by atoms with Gasteiger partial charge in [0, 0.05) is 30.3 Å². The monoisotopic (exact) mass is 254 g/mol. The Morgan fingerprint density at radius 1 is 1.44 bits per heavy atom. The third-order valence-corrected chi connectivity index (χ3v) is 3.76. The van der Waals surface area contributed by atoms with E-state index in [2.05, 4.69) is 11.8 Å². The molecule has 100 valence electrons. The second kappa shape index (κ2) is 5.76. The van der Waals surface area contributed by atoms with Crippen LogP contribution in [0.2, 0.25) is 0 Å². The van der Waals surface area contributed by atoms with Crippen molar-refractivity contribution in [2.24, 2.45) is 5.73 Å². The van der Waals surface area contributed by atoms with E-state index in [0.717, 1.165) is 19.0 Å². The van der Waals surface area contributed by atoms with Crippen LogP contribution in [0, 0.1) is 11.6 Å². The van der Waals surface area contributed by atoms with Crippen molar-refractivity contribution in [3.8, 4) is 0 Å². The van der Waals surface area contributed by atoms with Crippen LogP contribution in [0.3, 0.4) is 0 Å². The molecular weight excluding hydrogens is 234 g/mol. The van der Waals surface area contributed by atoms with E-state index in [-0.39, 0.29) is 0 Å². The lowest BCUT2D eigenvalue weighted by Gasteiger charge is -2.26. The predicted octanol–water partition coefficient (Wildman–Crippen LogP) is 2.84. The minimum Gasteiger partial charge on any atom is -0.323 e.